The van der Waals surface area contributed by atoms with Crippen molar-refractivity contribution in [2.75, 3.05) is 13.1 Å². The van der Waals surface area contributed by atoms with E-state index in [9.17, 15) is 8.42 Å². The standard InChI is InChI=1S/C15H25ClN2O2S/c1-5-9-17-11-13-7-8-14(16)15(10-13)21(19,20)18(6-2)12(3)4/h7-8,10,12,17H,5-6,9,11H2,1-4H3. The maximum atomic E-state index is 12.7. The zero-order valence-corrected chi connectivity index (χ0v) is 14.8. The highest BCUT2D eigenvalue weighted by Gasteiger charge is 2.27. The van der Waals surface area contributed by atoms with Gasteiger partial charge in [0.2, 0.25) is 10.0 Å². The molecule has 120 valence electrons. The first kappa shape index (κ1) is 18.4. The van der Waals surface area contributed by atoms with Crippen molar-refractivity contribution in [3.63, 3.8) is 0 Å². The average Bonchev–Trinajstić information content (AvgIpc) is 2.40. The van der Waals surface area contributed by atoms with Gasteiger partial charge in [-0.15, -0.1) is 0 Å². The predicted molar refractivity (Wildman–Crippen MR) is 88.2 cm³/mol. The van der Waals surface area contributed by atoms with Gasteiger partial charge >= 0.3 is 0 Å². The Balaban J connectivity index is 3.13. The Morgan fingerprint density at radius 1 is 1.29 bits per heavy atom. The molecule has 1 rings (SSSR count). The van der Waals surface area contributed by atoms with E-state index in [1.807, 2.05) is 26.8 Å². The first-order valence-electron chi connectivity index (χ1n) is 7.35. The Morgan fingerprint density at radius 3 is 2.48 bits per heavy atom. The highest BCUT2D eigenvalue weighted by molar-refractivity contribution is 7.89. The van der Waals surface area contributed by atoms with Crippen LogP contribution in [0, 0.1) is 0 Å². The topological polar surface area (TPSA) is 49.4 Å². The van der Waals surface area contributed by atoms with E-state index in [2.05, 4.69) is 12.2 Å². The first-order chi connectivity index (χ1) is 9.84. The number of sulfonamides is 1. The molecule has 0 aliphatic carbocycles. The van der Waals surface area contributed by atoms with Gasteiger partial charge in [-0.3, -0.25) is 0 Å². The third kappa shape index (κ3) is 4.68. The van der Waals surface area contributed by atoms with Crippen LogP contribution in [-0.2, 0) is 16.6 Å². The number of nitrogens with one attached hydrogen (secondary N) is 1. The summed E-state index contributed by atoms with van der Waals surface area (Å²) in [6.07, 6.45) is 1.04. The molecule has 0 fully saturated rings. The fourth-order valence-electron chi connectivity index (χ4n) is 2.20. The van der Waals surface area contributed by atoms with E-state index in [1.54, 1.807) is 12.1 Å². The van der Waals surface area contributed by atoms with Crippen molar-refractivity contribution in [1.82, 2.24) is 9.62 Å². The SMILES string of the molecule is CCCNCc1ccc(Cl)c(S(=O)(=O)N(CC)C(C)C)c1. The molecule has 0 bridgehead atoms. The lowest BCUT2D eigenvalue weighted by atomic mass is 10.2. The molecule has 0 spiro atoms. The molecule has 0 atom stereocenters. The molecule has 0 aliphatic rings. The van der Waals surface area contributed by atoms with E-state index in [1.165, 1.54) is 4.31 Å². The molecular weight excluding hydrogens is 308 g/mol. The number of nitrogens with zero attached hydrogens (tertiary/aromatic N) is 1. The Labute approximate surface area is 133 Å². The van der Waals surface area contributed by atoms with Crippen LogP contribution >= 0.6 is 11.6 Å². The van der Waals surface area contributed by atoms with Crippen molar-refractivity contribution in [2.24, 2.45) is 0 Å². The molecule has 1 aromatic carbocycles. The fraction of sp³-hybridized carbons (Fsp3) is 0.600. The second-order valence-corrected chi connectivity index (χ2v) is 7.51. The molecule has 0 heterocycles. The number of hydrogen-bond acceptors (Lipinski definition) is 3. The van der Waals surface area contributed by atoms with Crippen LogP contribution in [0.4, 0.5) is 0 Å². The van der Waals surface area contributed by atoms with Crippen LogP contribution < -0.4 is 5.32 Å². The normalized spacial score (nSPS) is 12.3. The van der Waals surface area contributed by atoms with Gasteiger partial charge in [-0.25, -0.2) is 8.42 Å². The molecule has 1 N–H and O–H groups in total. The number of hydrogen-bond donors (Lipinski definition) is 1. The summed E-state index contributed by atoms with van der Waals surface area (Å²) in [6, 6.07) is 5.09. The van der Waals surface area contributed by atoms with Crippen molar-refractivity contribution in [1.29, 1.82) is 0 Å². The van der Waals surface area contributed by atoms with Crippen molar-refractivity contribution >= 4 is 21.6 Å². The molecule has 0 radical (unpaired) electrons. The van der Waals surface area contributed by atoms with E-state index in [4.69, 9.17) is 11.6 Å². The highest BCUT2D eigenvalue weighted by atomic mass is 35.5. The van der Waals surface area contributed by atoms with E-state index in [-0.39, 0.29) is 16.0 Å². The summed E-state index contributed by atoms with van der Waals surface area (Å²) >= 11 is 6.12. The molecule has 6 heteroatoms. The van der Waals surface area contributed by atoms with Gasteiger partial charge in [0.25, 0.3) is 0 Å². The van der Waals surface area contributed by atoms with Crippen molar-refractivity contribution in [3.05, 3.63) is 28.8 Å². The third-order valence-electron chi connectivity index (χ3n) is 3.23. The van der Waals surface area contributed by atoms with E-state index in [0.717, 1.165) is 18.5 Å². The highest BCUT2D eigenvalue weighted by Crippen LogP contribution is 2.27. The lowest BCUT2D eigenvalue weighted by Crippen LogP contribution is -2.36. The zero-order chi connectivity index (χ0) is 16.0. The maximum Gasteiger partial charge on any atom is 0.244 e. The van der Waals surface area contributed by atoms with Crippen molar-refractivity contribution in [2.45, 2.75) is 51.6 Å². The first-order valence-corrected chi connectivity index (χ1v) is 9.17. The largest absolute Gasteiger partial charge is 0.313 e. The van der Waals surface area contributed by atoms with Gasteiger partial charge in [-0.2, -0.15) is 4.31 Å². The van der Waals surface area contributed by atoms with E-state index >= 15 is 0 Å². The minimum absolute atomic E-state index is 0.0991. The summed E-state index contributed by atoms with van der Waals surface area (Å²) in [7, 11) is -3.56. The average molecular weight is 333 g/mol. The molecule has 0 saturated carbocycles. The molecule has 0 aromatic heterocycles. The van der Waals surface area contributed by atoms with E-state index in [0.29, 0.717) is 13.1 Å². The molecule has 0 unspecified atom stereocenters. The van der Waals surface area contributed by atoms with Crippen molar-refractivity contribution in [3.8, 4) is 0 Å². The van der Waals surface area contributed by atoms with Crippen molar-refractivity contribution < 1.29 is 8.42 Å². The summed E-state index contributed by atoms with van der Waals surface area (Å²) in [4.78, 5) is 0.190. The van der Waals surface area contributed by atoms with Crippen LogP contribution in [0.5, 0.6) is 0 Å². The molecule has 0 saturated heterocycles. The second kappa shape index (κ2) is 8.13. The zero-order valence-electron chi connectivity index (χ0n) is 13.2. The van der Waals surface area contributed by atoms with Gasteiger partial charge in [0.15, 0.2) is 0 Å². The third-order valence-corrected chi connectivity index (χ3v) is 5.86. The fourth-order valence-corrected chi connectivity index (χ4v) is 4.38. The van der Waals surface area contributed by atoms with Gasteiger partial charge in [0.1, 0.15) is 4.90 Å². The van der Waals surface area contributed by atoms with Gasteiger partial charge in [0.05, 0.1) is 5.02 Å². The summed E-state index contributed by atoms with van der Waals surface area (Å²) in [6.45, 7) is 9.61. The van der Waals surface area contributed by atoms with E-state index < -0.39 is 10.0 Å². The minimum atomic E-state index is -3.56. The smallest absolute Gasteiger partial charge is 0.244 e. The quantitative estimate of drug-likeness (QED) is 0.743. The lowest BCUT2D eigenvalue weighted by molar-refractivity contribution is 0.369. The van der Waals surface area contributed by atoms with Crippen LogP contribution in [0.1, 0.15) is 39.7 Å². The number of rotatable bonds is 8. The van der Waals surface area contributed by atoms with Gasteiger partial charge in [0, 0.05) is 19.1 Å². The number of halogens is 1. The Bertz CT molecular complexity index is 559. The molecule has 0 aliphatic heterocycles. The summed E-state index contributed by atoms with van der Waals surface area (Å²) in [5.41, 5.74) is 0.922. The summed E-state index contributed by atoms with van der Waals surface area (Å²) in [5.74, 6) is 0. The van der Waals surface area contributed by atoms with Crippen LogP contribution in [0.15, 0.2) is 23.1 Å². The summed E-state index contributed by atoms with van der Waals surface area (Å²) < 4.78 is 26.9. The van der Waals surface area contributed by atoms with Crippen LogP contribution in [0.2, 0.25) is 5.02 Å². The van der Waals surface area contributed by atoms with Gasteiger partial charge in [-0.05, 0) is 44.5 Å². The predicted octanol–water partition coefficient (Wildman–Crippen LogP) is 3.26. The second-order valence-electron chi connectivity index (χ2n) is 5.24. The van der Waals surface area contributed by atoms with Crippen LogP contribution in [0.25, 0.3) is 0 Å². The Morgan fingerprint density at radius 2 is 1.95 bits per heavy atom. The number of benzene rings is 1. The van der Waals surface area contributed by atoms with Crippen LogP contribution in [0.3, 0.4) is 0 Å². The Kier molecular flexibility index (Phi) is 7.13. The molecule has 0 amide bonds. The molecule has 1 aromatic rings. The molecular formula is C15H25ClN2O2S. The van der Waals surface area contributed by atoms with Crippen LogP contribution in [-0.4, -0.2) is 31.9 Å². The van der Waals surface area contributed by atoms with Gasteiger partial charge < -0.3 is 5.32 Å². The summed E-state index contributed by atoms with van der Waals surface area (Å²) in [5, 5.41) is 3.54. The minimum Gasteiger partial charge on any atom is -0.313 e. The van der Waals surface area contributed by atoms with Gasteiger partial charge in [-0.1, -0.05) is 31.5 Å². The molecule has 4 nitrogen and oxygen atoms in total. The lowest BCUT2D eigenvalue weighted by Gasteiger charge is -2.25. The Hall–Kier alpha value is -0.620. The molecule has 21 heavy (non-hydrogen) atoms. The monoisotopic (exact) mass is 332 g/mol. The maximum absolute atomic E-state index is 12.7.